The highest BCUT2D eigenvalue weighted by Crippen LogP contribution is 2.20. The van der Waals surface area contributed by atoms with Crippen LogP contribution in [0.25, 0.3) is 0 Å². The molecule has 0 saturated carbocycles. The van der Waals surface area contributed by atoms with Gasteiger partial charge in [-0.2, -0.15) is 4.98 Å². The molecule has 1 aromatic heterocycles. The maximum absolute atomic E-state index is 12.2. The molecule has 1 aromatic carbocycles. The molecule has 1 heterocycles. The van der Waals surface area contributed by atoms with Gasteiger partial charge in [-0.15, -0.1) is 0 Å². The van der Waals surface area contributed by atoms with E-state index in [0.29, 0.717) is 23.0 Å². The number of benzene rings is 1. The third-order valence-electron chi connectivity index (χ3n) is 2.68. The number of rotatable bonds is 6. The zero-order valence-electron chi connectivity index (χ0n) is 11.6. The molecule has 7 nitrogen and oxygen atoms in total. The Kier molecular flexibility index (Phi) is 4.94. The molecule has 0 aliphatic carbocycles. The van der Waals surface area contributed by atoms with Gasteiger partial charge in [-0.25, -0.2) is 13.1 Å². The van der Waals surface area contributed by atoms with Gasteiger partial charge >= 0.3 is 0 Å². The topological polar surface area (TPSA) is 97.1 Å². The number of nitrogens with zero attached hydrogens (tertiary/aromatic N) is 2. The molecular formula is C12H15ClN4O3S. The molecule has 114 valence electrons. The molecule has 0 unspecified atom stereocenters. The molecule has 0 aliphatic heterocycles. The van der Waals surface area contributed by atoms with Crippen molar-refractivity contribution in [2.45, 2.75) is 24.9 Å². The van der Waals surface area contributed by atoms with E-state index in [0.717, 1.165) is 0 Å². The van der Waals surface area contributed by atoms with Crippen LogP contribution in [0.2, 0.25) is 5.02 Å². The van der Waals surface area contributed by atoms with Crippen LogP contribution in [-0.4, -0.2) is 25.6 Å². The maximum Gasteiger partial charge on any atom is 0.241 e. The molecule has 0 saturated heterocycles. The van der Waals surface area contributed by atoms with Crippen molar-refractivity contribution in [2.75, 3.05) is 7.05 Å². The van der Waals surface area contributed by atoms with Gasteiger partial charge in [-0.1, -0.05) is 16.8 Å². The van der Waals surface area contributed by atoms with Crippen molar-refractivity contribution in [2.24, 2.45) is 0 Å². The Morgan fingerprint density at radius 2 is 2.10 bits per heavy atom. The van der Waals surface area contributed by atoms with Crippen LogP contribution in [-0.2, 0) is 23.1 Å². The van der Waals surface area contributed by atoms with E-state index < -0.39 is 10.0 Å². The molecule has 2 rings (SSSR count). The first-order valence-corrected chi connectivity index (χ1v) is 8.00. The van der Waals surface area contributed by atoms with Crippen LogP contribution in [0.3, 0.4) is 0 Å². The van der Waals surface area contributed by atoms with Crippen molar-refractivity contribution in [3.63, 3.8) is 0 Å². The van der Waals surface area contributed by atoms with E-state index in [2.05, 4.69) is 20.2 Å². The Bertz CT molecular complexity index is 730. The van der Waals surface area contributed by atoms with Crippen LogP contribution in [0.15, 0.2) is 27.6 Å². The number of nitrogens with one attached hydrogen (secondary N) is 2. The molecule has 0 aliphatic rings. The Hall–Kier alpha value is -1.48. The first-order chi connectivity index (χ1) is 9.92. The second-order valence-corrected chi connectivity index (χ2v) is 6.52. The summed E-state index contributed by atoms with van der Waals surface area (Å²) in [5.74, 6) is 0.660. The molecule has 0 spiro atoms. The first kappa shape index (κ1) is 15.9. The van der Waals surface area contributed by atoms with Crippen molar-refractivity contribution >= 4 is 21.6 Å². The average Bonchev–Trinajstić information content (AvgIpc) is 2.85. The van der Waals surface area contributed by atoms with E-state index in [1.165, 1.54) is 12.1 Å². The van der Waals surface area contributed by atoms with Gasteiger partial charge in [0.15, 0.2) is 5.82 Å². The number of sulfonamides is 1. The molecule has 0 amide bonds. The summed E-state index contributed by atoms with van der Waals surface area (Å²) in [5.41, 5.74) is 0.704. The number of hydrogen-bond donors (Lipinski definition) is 2. The van der Waals surface area contributed by atoms with Gasteiger partial charge in [0.25, 0.3) is 0 Å². The van der Waals surface area contributed by atoms with Crippen molar-refractivity contribution in [3.8, 4) is 0 Å². The molecule has 2 N–H and O–H groups in total. The van der Waals surface area contributed by atoms with E-state index in [9.17, 15) is 8.42 Å². The van der Waals surface area contributed by atoms with Crippen molar-refractivity contribution in [1.82, 2.24) is 20.2 Å². The van der Waals surface area contributed by atoms with Gasteiger partial charge < -0.3 is 9.84 Å². The lowest BCUT2D eigenvalue weighted by Crippen LogP contribution is -2.23. The van der Waals surface area contributed by atoms with Crippen molar-refractivity contribution < 1.29 is 12.9 Å². The Morgan fingerprint density at radius 3 is 2.71 bits per heavy atom. The largest absolute Gasteiger partial charge is 0.338 e. The van der Waals surface area contributed by atoms with Crippen molar-refractivity contribution in [3.05, 3.63) is 40.5 Å². The summed E-state index contributed by atoms with van der Waals surface area (Å²) >= 11 is 6.01. The minimum Gasteiger partial charge on any atom is -0.338 e. The lowest BCUT2D eigenvalue weighted by Gasteiger charge is -2.08. The smallest absolute Gasteiger partial charge is 0.241 e. The zero-order chi connectivity index (χ0) is 15.5. The third-order valence-corrected chi connectivity index (χ3v) is 4.45. The summed E-state index contributed by atoms with van der Waals surface area (Å²) in [6.07, 6.45) is 0. The monoisotopic (exact) mass is 330 g/mol. The summed E-state index contributed by atoms with van der Waals surface area (Å²) in [6.45, 7) is 2.07. The zero-order valence-corrected chi connectivity index (χ0v) is 13.1. The molecule has 0 radical (unpaired) electrons. The van der Waals surface area contributed by atoms with Crippen LogP contribution in [0, 0.1) is 6.92 Å². The van der Waals surface area contributed by atoms with E-state index in [4.69, 9.17) is 16.1 Å². The van der Waals surface area contributed by atoms with Gasteiger partial charge in [-0.3, -0.25) is 0 Å². The van der Waals surface area contributed by atoms with Crippen LogP contribution >= 0.6 is 11.6 Å². The van der Waals surface area contributed by atoms with E-state index in [-0.39, 0.29) is 17.3 Å². The van der Waals surface area contributed by atoms with E-state index in [1.54, 1.807) is 20.0 Å². The molecular weight excluding hydrogens is 316 g/mol. The molecule has 2 aromatic rings. The van der Waals surface area contributed by atoms with Crippen LogP contribution < -0.4 is 10.0 Å². The molecule has 9 heteroatoms. The third kappa shape index (κ3) is 4.01. The van der Waals surface area contributed by atoms with Gasteiger partial charge in [-0.05, 0) is 37.7 Å². The minimum atomic E-state index is -3.67. The fraction of sp³-hybridized carbons (Fsp3) is 0.333. The fourth-order valence-electron chi connectivity index (χ4n) is 1.70. The fourth-order valence-corrected chi connectivity index (χ4v) is 2.91. The summed E-state index contributed by atoms with van der Waals surface area (Å²) in [4.78, 5) is 4.07. The highest BCUT2D eigenvalue weighted by Gasteiger charge is 2.17. The molecule has 0 fully saturated rings. The van der Waals surface area contributed by atoms with Crippen LogP contribution in [0.5, 0.6) is 0 Å². The molecule has 0 bridgehead atoms. The van der Waals surface area contributed by atoms with Gasteiger partial charge in [0.1, 0.15) is 0 Å². The highest BCUT2D eigenvalue weighted by atomic mass is 35.5. The van der Waals surface area contributed by atoms with Crippen LogP contribution in [0.1, 0.15) is 17.3 Å². The number of hydrogen-bond acceptors (Lipinski definition) is 6. The Labute approximate surface area is 127 Å². The Balaban J connectivity index is 2.17. The van der Waals surface area contributed by atoms with Gasteiger partial charge in [0.2, 0.25) is 15.9 Å². The predicted octanol–water partition coefficient (Wildman–Crippen LogP) is 1.23. The summed E-state index contributed by atoms with van der Waals surface area (Å²) in [6, 6.07) is 4.53. The van der Waals surface area contributed by atoms with E-state index >= 15 is 0 Å². The molecule has 21 heavy (non-hydrogen) atoms. The van der Waals surface area contributed by atoms with Crippen molar-refractivity contribution in [1.29, 1.82) is 0 Å². The Morgan fingerprint density at radius 1 is 1.33 bits per heavy atom. The number of aryl methyl sites for hydroxylation is 1. The highest BCUT2D eigenvalue weighted by molar-refractivity contribution is 7.89. The standard InChI is InChI=1S/C12H15ClN4O3S/c1-8-16-12(20-17-8)7-15-21(18,19)10-3-4-11(13)9(5-10)6-14-2/h3-5,14-15H,6-7H2,1-2H3. The second kappa shape index (κ2) is 6.52. The molecule has 0 atom stereocenters. The quantitative estimate of drug-likeness (QED) is 0.826. The average molecular weight is 331 g/mol. The maximum atomic E-state index is 12.2. The lowest BCUT2D eigenvalue weighted by molar-refractivity contribution is 0.372. The summed E-state index contributed by atoms with van der Waals surface area (Å²) in [5, 5.41) is 7.03. The lowest BCUT2D eigenvalue weighted by atomic mass is 10.2. The van der Waals surface area contributed by atoms with Gasteiger partial charge in [0.05, 0.1) is 11.4 Å². The SMILES string of the molecule is CNCc1cc(S(=O)(=O)NCc2nc(C)no2)ccc1Cl. The summed E-state index contributed by atoms with van der Waals surface area (Å²) < 4.78 is 31.7. The summed E-state index contributed by atoms with van der Waals surface area (Å²) in [7, 11) is -1.91. The normalized spacial score (nSPS) is 11.8. The second-order valence-electron chi connectivity index (χ2n) is 4.34. The van der Waals surface area contributed by atoms with Gasteiger partial charge in [0, 0.05) is 11.6 Å². The van der Waals surface area contributed by atoms with Crippen LogP contribution in [0.4, 0.5) is 0 Å². The number of aromatic nitrogens is 2. The predicted molar refractivity (Wildman–Crippen MR) is 77.3 cm³/mol. The number of halogens is 1. The van der Waals surface area contributed by atoms with E-state index in [1.807, 2.05) is 0 Å². The first-order valence-electron chi connectivity index (χ1n) is 6.14. The minimum absolute atomic E-state index is 0.0623.